The van der Waals surface area contributed by atoms with E-state index >= 15 is 0 Å². The average molecular weight is 526 g/mol. The van der Waals surface area contributed by atoms with Gasteiger partial charge in [0.15, 0.2) is 0 Å². The third kappa shape index (κ3) is 5.16. The Morgan fingerprint density at radius 1 is 1.18 bits per heavy atom. The van der Waals surface area contributed by atoms with Crippen LogP contribution in [0.5, 0.6) is 0 Å². The van der Waals surface area contributed by atoms with Crippen LogP contribution in [0.1, 0.15) is 42.3 Å². The Morgan fingerprint density at radius 2 is 2.00 bits per heavy atom. The summed E-state index contributed by atoms with van der Waals surface area (Å²) in [5, 5.41) is 11.6. The molecule has 10 nitrogen and oxygen atoms in total. The van der Waals surface area contributed by atoms with Crippen molar-refractivity contribution >= 4 is 22.8 Å². The summed E-state index contributed by atoms with van der Waals surface area (Å²) < 4.78 is 2.26. The number of aryl methyl sites for hydroxylation is 2. The molecule has 1 aliphatic carbocycles. The van der Waals surface area contributed by atoms with Crippen molar-refractivity contribution in [2.45, 2.75) is 51.1 Å². The van der Waals surface area contributed by atoms with E-state index in [1.165, 1.54) is 24.7 Å². The predicted octanol–water partition coefficient (Wildman–Crippen LogP) is 3.32. The monoisotopic (exact) mass is 525 g/mol. The van der Waals surface area contributed by atoms with Gasteiger partial charge in [0.1, 0.15) is 17.8 Å². The first kappa shape index (κ1) is 25.2. The second-order valence-electron chi connectivity index (χ2n) is 10.7. The first-order chi connectivity index (χ1) is 19.0. The highest BCUT2D eigenvalue weighted by Gasteiger charge is 2.31. The first-order valence-electron chi connectivity index (χ1n) is 13.7. The van der Waals surface area contributed by atoms with Gasteiger partial charge in [-0.3, -0.25) is 9.69 Å². The maximum Gasteiger partial charge on any atom is 0.246 e. The van der Waals surface area contributed by atoms with Crippen molar-refractivity contribution in [1.29, 1.82) is 0 Å². The lowest BCUT2D eigenvalue weighted by Crippen LogP contribution is -2.28. The molecule has 0 bridgehead atoms. The van der Waals surface area contributed by atoms with E-state index in [2.05, 4.69) is 73.1 Å². The number of H-pyrrole nitrogens is 1. The number of likely N-dealkylation sites (tertiary alicyclic amines) is 1. The molecule has 2 fully saturated rings. The Labute approximate surface area is 227 Å². The molecule has 4 heterocycles. The number of nitrogen functional groups attached to an aromatic ring is 1. The molecule has 0 radical (unpaired) electrons. The molecular formula is C29H35N9O. The van der Waals surface area contributed by atoms with Gasteiger partial charge in [0.25, 0.3) is 0 Å². The van der Waals surface area contributed by atoms with Gasteiger partial charge in [0, 0.05) is 43.0 Å². The van der Waals surface area contributed by atoms with E-state index in [1.807, 2.05) is 11.0 Å². The van der Waals surface area contributed by atoms with Crippen molar-refractivity contribution in [3.63, 3.8) is 0 Å². The van der Waals surface area contributed by atoms with E-state index in [9.17, 15) is 4.79 Å². The van der Waals surface area contributed by atoms with Crippen LogP contribution < -0.4 is 5.73 Å². The van der Waals surface area contributed by atoms with Crippen molar-refractivity contribution < 1.29 is 4.79 Å². The van der Waals surface area contributed by atoms with Crippen LogP contribution in [0.15, 0.2) is 48.9 Å². The molecule has 202 valence electrons. The van der Waals surface area contributed by atoms with Crippen molar-refractivity contribution in [2.75, 3.05) is 32.4 Å². The van der Waals surface area contributed by atoms with Gasteiger partial charge in [0.05, 0.1) is 23.3 Å². The van der Waals surface area contributed by atoms with Crippen LogP contribution in [-0.4, -0.2) is 78.4 Å². The van der Waals surface area contributed by atoms with Crippen LogP contribution in [0.3, 0.4) is 0 Å². The van der Waals surface area contributed by atoms with Gasteiger partial charge in [-0.2, -0.15) is 15.4 Å². The second-order valence-corrected chi connectivity index (χ2v) is 10.7. The lowest BCUT2D eigenvalue weighted by atomic mass is 10.00. The number of benzene rings is 1. The van der Waals surface area contributed by atoms with Crippen molar-refractivity contribution in [3.05, 3.63) is 65.9 Å². The zero-order chi connectivity index (χ0) is 26.9. The molecule has 3 aromatic heterocycles. The van der Waals surface area contributed by atoms with E-state index in [1.54, 1.807) is 12.3 Å². The van der Waals surface area contributed by atoms with Crippen LogP contribution in [0.4, 0.5) is 5.82 Å². The molecular weight excluding hydrogens is 490 g/mol. The third-order valence-electron chi connectivity index (χ3n) is 8.10. The van der Waals surface area contributed by atoms with Crippen LogP contribution in [-0.2, 0) is 17.6 Å². The lowest BCUT2D eigenvalue weighted by molar-refractivity contribution is -0.125. The molecule has 39 heavy (non-hydrogen) atoms. The van der Waals surface area contributed by atoms with Gasteiger partial charge in [-0.25, -0.2) is 9.97 Å². The summed E-state index contributed by atoms with van der Waals surface area (Å²) in [7, 11) is 2.12. The Morgan fingerprint density at radius 3 is 2.74 bits per heavy atom. The number of amides is 1. The largest absolute Gasteiger partial charge is 0.383 e. The van der Waals surface area contributed by atoms with Gasteiger partial charge in [-0.1, -0.05) is 30.3 Å². The standard InChI is InChI=1S/C29H35N9O/c1-19-26(21-8-5-20(6-9-21)7-10-22-16-33-35-34-22)27-28(30)31-18-32-29(27)38(19)24-13-15-37(17-24)25(39)4-3-14-36(2)23-11-12-23/h3-6,8-9,16,18,23-24H,7,10-15,17H2,1-2H3,(H2,30,31,32)(H,33,34,35)/b4-3+/t24-/m1/s1. The second kappa shape index (κ2) is 10.6. The number of nitrogens with two attached hydrogens (primary N) is 1. The molecule has 2 aliphatic rings. The fourth-order valence-corrected chi connectivity index (χ4v) is 5.77. The van der Waals surface area contributed by atoms with Crippen molar-refractivity contribution in [1.82, 2.24) is 39.7 Å². The first-order valence-corrected chi connectivity index (χ1v) is 13.7. The number of fused-ring (bicyclic) bond motifs is 1. The number of hydrogen-bond donors (Lipinski definition) is 2. The summed E-state index contributed by atoms with van der Waals surface area (Å²) in [4.78, 5) is 26.2. The summed E-state index contributed by atoms with van der Waals surface area (Å²) in [5.41, 5.74) is 12.7. The van der Waals surface area contributed by atoms with Gasteiger partial charge in [-0.05, 0) is 57.2 Å². The zero-order valence-electron chi connectivity index (χ0n) is 22.5. The number of anilines is 1. The number of nitrogens with one attached hydrogen (secondary N) is 1. The van der Waals surface area contributed by atoms with E-state index < -0.39 is 0 Å². The minimum Gasteiger partial charge on any atom is -0.383 e. The smallest absolute Gasteiger partial charge is 0.246 e. The number of hydrogen-bond acceptors (Lipinski definition) is 7. The van der Waals surface area contributed by atoms with Crippen LogP contribution in [0.2, 0.25) is 0 Å². The number of likely N-dealkylation sites (N-methyl/N-ethyl adjacent to an activating group) is 1. The maximum absolute atomic E-state index is 12.9. The molecule has 1 saturated heterocycles. The lowest BCUT2D eigenvalue weighted by Gasteiger charge is -2.18. The van der Waals surface area contributed by atoms with E-state index in [-0.39, 0.29) is 11.9 Å². The number of nitrogens with zero attached hydrogens (tertiary/aromatic N) is 7. The molecule has 4 aromatic rings. The predicted molar refractivity (Wildman–Crippen MR) is 151 cm³/mol. The topological polar surface area (TPSA) is 122 Å². The number of carbonyl (C=O) groups is 1. The summed E-state index contributed by atoms with van der Waals surface area (Å²) >= 11 is 0. The van der Waals surface area contributed by atoms with Gasteiger partial charge < -0.3 is 15.2 Å². The molecule has 1 amide bonds. The molecule has 0 spiro atoms. The molecule has 1 atom stereocenters. The summed E-state index contributed by atoms with van der Waals surface area (Å²) in [5.74, 6) is 0.548. The number of aromatic amines is 1. The number of aromatic nitrogens is 6. The van der Waals surface area contributed by atoms with Gasteiger partial charge in [0.2, 0.25) is 5.91 Å². The molecule has 1 aliphatic heterocycles. The van der Waals surface area contributed by atoms with Crippen LogP contribution in [0.25, 0.3) is 22.2 Å². The summed E-state index contributed by atoms with van der Waals surface area (Å²) in [6.45, 7) is 4.30. The molecule has 0 unspecified atom stereocenters. The molecule has 10 heteroatoms. The Bertz CT molecular complexity index is 1490. The quantitative estimate of drug-likeness (QED) is 0.322. The van der Waals surface area contributed by atoms with Crippen LogP contribution >= 0.6 is 0 Å². The van der Waals surface area contributed by atoms with Gasteiger partial charge in [-0.15, -0.1) is 0 Å². The van der Waals surface area contributed by atoms with E-state index in [4.69, 9.17) is 5.73 Å². The average Bonchev–Trinajstić information content (AvgIpc) is 3.31. The molecule has 6 rings (SSSR count). The van der Waals surface area contributed by atoms with E-state index in [0.29, 0.717) is 18.4 Å². The fourth-order valence-electron chi connectivity index (χ4n) is 5.77. The fraction of sp³-hybridized carbons (Fsp3) is 0.414. The van der Waals surface area contributed by atoms with Crippen molar-refractivity contribution in [2.24, 2.45) is 0 Å². The van der Waals surface area contributed by atoms with Gasteiger partial charge >= 0.3 is 0 Å². The zero-order valence-corrected chi connectivity index (χ0v) is 22.5. The summed E-state index contributed by atoms with van der Waals surface area (Å²) in [6.07, 6.45) is 12.1. The normalized spacial score (nSPS) is 17.7. The highest BCUT2D eigenvalue weighted by Crippen LogP contribution is 2.39. The maximum atomic E-state index is 12.9. The molecule has 1 aromatic carbocycles. The van der Waals surface area contributed by atoms with E-state index in [0.717, 1.165) is 65.9 Å². The Hall–Kier alpha value is -4.05. The van der Waals surface area contributed by atoms with Crippen molar-refractivity contribution in [3.8, 4) is 11.1 Å². The Balaban J connectivity index is 1.22. The highest BCUT2D eigenvalue weighted by atomic mass is 16.2. The molecule has 3 N–H and O–H groups in total. The Kier molecular flexibility index (Phi) is 6.86. The third-order valence-corrected chi connectivity index (χ3v) is 8.10. The molecule has 1 saturated carbocycles. The minimum atomic E-state index is 0.0754. The number of carbonyl (C=O) groups excluding carboxylic acids is 1. The SMILES string of the molecule is Cc1c(-c2ccc(CCc3cn[nH]n3)cc2)c2c(N)ncnc2n1[C@@H]1CCN(C(=O)/C=C/CN(C)C2CC2)C1. The summed E-state index contributed by atoms with van der Waals surface area (Å²) in [6, 6.07) is 9.41. The minimum absolute atomic E-state index is 0.0754. The number of rotatable bonds is 9. The highest BCUT2D eigenvalue weighted by molar-refractivity contribution is 6.02. The van der Waals surface area contributed by atoms with Crippen LogP contribution in [0, 0.1) is 6.92 Å².